The van der Waals surface area contributed by atoms with Crippen molar-refractivity contribution in [2.24, 2.45) is 5.92 Å². The second-order valence-corrected chi connectivity index (χ2v) is 5.13. The Hall–Kier alpha value is -1.26. The fourth-order valence-corrected chi connectivity index (χ4v) is 2.36. The van der Waals surface area contributed by atoms with Crippen LogP contribution in [-0.4, -0.2) is 24.0 Å². The van der Waals surface area contributed by atoms with Crippen molar-refractivity contribution in [3.05, 3.63) is 35.9 Å². The summed E-state index contributed by atoms with van der Waals surface area (Å²) in [5.74, 6) is 7.36. The predicted octanol–water partition coefficient (Wildman–Crippen LogP) is 3.16. The van der Waals surface area contributed by atoms with Gasteiger partial charge in [-0.2, -0.15) is 0 Å². The summed E-state index contributed by atoms with van der Waals surface area (Å²) in [7, 11) is 0. The molecule has 0 amide bonds. The average Bonchev–Trinajstić information content (AvgIpc) is 2.35. The molecule has 0 spiro atoms. The third-order valence-electron chi connectivity index (χ3n) is 3.54. The zero-order valence-corrected chi connectivity index (χ0v) is 10.8. The van der Waals surface area contributed by atoms with E-state index < -0.39 is 0 Å². The Morgan fingerprint density at radius 2 is 1.94 bits per heavy atom. The summed E-state index contributed by atoms with van der Waals surface area (Å²) in [6, 6.07) is 10.9. The molecule has 90 valence electrons. The maximum atomic E-state index is 3.30. The molecule has 1 aromatic rings. The van der Waals surface area contributed by atoms with Gasteiger partial charge >= 0.3 is 0 Å². The molecule has 1 nitrogen and oxygen atoms in total. The first kappa shape index (κ1) is 12.2. The maximum absolute atomic E-state index is 3.30. The highest BCUT2D eigenvalue weighted by atomic mass is 15.2. The Morgan fingerprint density at radius 1 is 1.18 bits per heavy atom. The molecular weight excluding hydrogens is 206 g/mol. The minimum Gasteiger partial charge on any atom is -0.289 e. The van der Waals surface area contributed by atoms with Crippen LogP contribution in [-0.2, 0) is 0 Å². The zero-order chi connectivity index (χ0) is 12.1. The predicted molar refractivity (Wildman–Crippen MR) is 72.8 cm³/mol. The molecule has 0 aromatic heterocycles. The summed E-state index contributed by atoms with van der Waals surface area (Å²) in [6.45, 7) is 6.75. The van der Waals surface area contributed by atoms with Crippen molar-refractivity contribution < 1.29 is 0 Å². The average molecular weight is 227 g/mol. The molecular formula is C16H21N. The SMILES string of the molecule is C[C@H]1CC[C@H](C)N(CC#Cc2ccccc2)C1. The largest absolute Gasteiger partial charge is 0.289 e. The second-order valence-electron chi connectivity index (χ2n) is 5.13. The van der Waals surface area contributed by atoms with Gasteiger partial charge in [-0.05, 0) is 37.8 Å². The fourth-order valence-electron chi connectivity index (χ4n) is 2.36. The van der Waals surface area contributed by atoms with Crippen molar-refractivity contribution in [1.82, 2.24) is 4.90 Å². The van der Waals surface area contributed by atoms with E-state index in [1.165, 1.54) is 19.4 Å². The number of piperidine rings is 1. The number of likely N-dealkylation sites (tertiary alicyclic amines) is 1. The molecule has 1 aromatic carbocycles. The van der Waals surface area contributed by atoms with E-state index in [9.17, 15) is 0 Å². The van der Waals surface area contributed by atoms with E-state index in [0.29, 0.717) is 6.04 Å². The molecule has 17 heavy (non-hydrogen) atoms. The molecule has 1 aliphatic heterocycles. The quantitative estimate of drug-likeness (QED) is 0.666. The molecule has 1 fully saturated rings. The highest BCUT2D eigenvalue weighted by Crippen LogP contribution is 2.20. The third-order valence-corrected chi connectivity index (χ3v) is 3.54. The lowest BCUT2D eigenvalue weighted by atomic mass is 9.95. The van der Waals surface area contributed by atoms with Gasteiger partial charge in [0.25, 0.3) is 0 Å². The first-order valence-corrected chi connectivity index (χ1v) is 6.53. The number of hydrogen-bond donors (Lipinski definition) is 0. The van der Waals surface area contributed by atoms with Crippen LogP contribution in [0.25, 0.3) is 0 Å². The number of rotatable bonds is 1. The molecule has 0 saturated carbocycles. The van der Waals surface area contributed by atoms with E-state index in [-0.39, 0.29) is 0 Å². The van der Waals surface area contributed by atoms with Crippen molar-refractivity contribution in [2.75, 3.05) is 13.1 Å². The lowest BCUT2D eigenvalue weighted by Gasteiger charge is -2.35. The molecule has 0 bridgehead atoms. The van der Waals surface area contributed by atoms with Gasteiger partial charge in [0.2, 0.25) is 0 Å². The molecule has 0 aliphatic carbocycles. The minimum absolute atomic E-state index is 0.691. The van der Waals surface area contributed by atoms with Crippen LogP contribution in [0.3, 0.4) is 0 Å². The van der Waals surface area contributed by atoms with E-state index in [4.69, 9.17) is 0 Å². The first-order chi connectivity index (χ1) is 8.25. The van der Waals surface area contributed by atoms with Crippen LogP contribution in [0.1, 0.15) is 32.3 Å². The van der Waals surface area contributed by atoms with Gasteiger partial charge in [-0.1, -0.05) is 37.0 Å². The van der Waals surface area contributed by atoms with Crippen LogP contribution >= 0.6 is 0 Å². The standard InChI is InChI=1S/C16H21N/c1-14-10-11-15(2)17(13-14)12-6-9-16-7-4-3-5-8-16/h3-5,7-8,14-15H,10-13H2,1-2H3/t14-,15-/m0/s1. The van der Waals surface area contributed by atoms with Crippen LogP contribution in [0, 0.1) is 17.8 Å². The molecule has 2 rings (SSSR count). The van der Waals surface area contributed by atoms with Crippen molar-refractivity contribution in [3.8, 4) is 11.8 Å². The van der Waals surface area contributed by atoms with Crippen molar-refractivity contribution in [2.45, 2.75) is 32.7 Å². The Kier molecular flexibility index (Phi) is 4.23. The van der Waals surface area contributed by atoms with Gasteiger partial charge in [0.1, 0.15) is 0 Å². The van der Waals surface area contributed by atoms with E-state index >= 15 is 0 Å². The zero-order valence-electron chi connectivity index (χ0n) is 10.8. The van der Waals surface area contributed by atoms with Crippen LogP contribution in [0.4, 0.5) is 0 Å². The Balaban J connectivity index is 1.91. The molecule has 2 atom stereocenters. The lowest BCUT2D eigenvalue weighted by molar-refractivity contribution is 0.142. The third kappa shape index (κ3) is 3.61. The normalized spacial score (nSPS) is 25.1. The van der Waals surface area contributed by atoms with Gasteiger partial charge in [0, 0.05) is 18.2 Å². The van der Waals surface area contributed by atoms with E-state index in [2.05, 4.69) is 42.7 Å². The molecule has 0 unspecified atom stereocenters. The van der Waals surface area contributed by atoms with Gasteiger partial charge in [0.05, 0.1) is 6.54 Å². The van der Waals surface area contributed by atoms with Gasteiger partial charge in [-0.25, -0.2) is 0 Å². The summed E-state index contributed by atoms with van der Waals surface area (Å²) in [5, 5.41) is 0. The van der Waals surface area contributed by atoms with Gasteiger partial charge < -0.3 is 0 Å². The highest BCUT2D eigenvalue weighted by molar-refractivity contribution is 5.33. The lowest BCUT2D eigenvalue weighted by Crippen LogP contribution is -2.41. The first-order valence-electron chi connectivity index (χ1n) is 6.53. The van der Waals surface area contributed by atoms with Gasteiger partial charge in [-0.15, -0.1) is 0 Å². The summed E-state index contributed by atoms with van der Waals surface area (Å²) >= 11 is 0. The number of benzene rings is 1. The number of hydrogen-bond acceptors (Lipinski definition) is 1. The second kappa shape index (κ2) is 5.89. The summed E-state index contributed by atoms with van der Waals surface area (Å²) in [6.07, 6.45) is 2.68. The van der Waals surface area contributed by atoms with Crippen molar-refractivity contribution in [1.29, 1.82) is 0 Å². The van der Waals surface area contributed by atoms with Crippen LogP contribution in [0.5, 0.6) is 0 Å². The summed E-state index contributed by atoms with van der Waals surface area (Å²) < 4.78 is 0. The van der Waals surface area contributed by atoms with Crippen molar-refractivity contribution in [3.63, 3.8) is 0 Å². The fraction of sp³-hybridized carbons (Fsp3) is 0.500. The van der Waals surface area contributed by atoms with Crippen molar-refractivity contribution >= 4 is 0 Å². The van der Waals surface area contributed by atoms with Gasteiger partial charge in [-0.3, -0.25) is 4.90 Å². The molecule has 1 aliphatic rings. The van der Waals surface area contributed by atoms with Crippen LogP contribution < -0.4 is 0 Å². The Morgan fingerprint density at radius 3 is 2.71 bits per heavy atom. The molecule has 0 N–H and O–H groups in total. The number of nitrogens with zero attached hydrogens (tertiary/aromatic N) is 1. The van der Waals surface area contributed by atoms with E-state index in [0.717, 1.165) is 18.0 Å². The topological polar surface area (TPSA) is 3.24 Å². The Labute approximate surface area is 105 Å². The van der Waals surface area contributed by atoms with E-state index in [1.54, 1.807) is 0 Å². The summed E-state index contributed by atoms with van der Waals surface area (Å²) in [5.41, 5.74) is 1.12. The van der Waals surface area contributed by atoms with Crippen LogP contribution in [0.15, 0.2) is 30.3 Å². The Bertz CT molecular complexity index is 399. The molecule has 1 heterocycles. The van der Waals surface area contributed by atoms with Crippen LogP contribution in [0.2, 0.25) is 0 Å². The minimum atomic E-state index is 0.691. The molecule has 0 radical (unpaired) electrons. The molecule has 1 saturated heterocycles. The monoisotopic (exact) mass is 227 g/mol. The van der Waals surface area contributed by atoms with Gasteiger partial charge in [0.15, 0.2) is 0 Å². The summed E-state index contributed by atoms with van der Waals surface area (Å²) in [4.78, 5) is 2.50. The van der Waals surface area contributed by atoms with E-state index in [1.807, 2.05) is 18.2 Å². The smallest absolute Gasteiger partial charge is 0.0607 e. The highest BCUT2D eigenvalue weighted by Gasteiger charge is 2.21. The molecule has 1 heteroatoms. The maximum Gasteiger partial charge on any atom is 0.0607 e.